The summed E-state index contributed by atoms with van der Waals surface area (Å²) in [7, 11) is 0. The van der Waals surface area contributed by atoms with Crippen LogP contribution < -0.4 is 0 Å². The Kier molecular flexibility index (Phi) is 4.84. The molecule has 1 saturated carbocycles. The Morgan fingerprint density at radius 2 is 1.45 bits per heavy atom. The highest BCUT2D eigenvalue weighted by atomic mass is 19.4. The molecule has 0 spiro atoms. The molecule has 1 aliphatic carbocycles. The van der Waals surface area contributed by atoms with E-state index in [0.29, 0.717) is 50.1 Å². The zero-order valence-corrected chi connectivity index (χ0v) is 15.8. The summed E-state index contributed by atoms with van der Waals surface area (Å²) in [5.74, 6) is -0.208. The number of hydrogen-bond acceptors (Lipinski definition) is 2. The van der Waals surface area contributed by atoms with Gasteiger partial charge >= 0.3 is 6.18 Å². The highest BCUT2D eigenvalue weighted by molar-refractivity contribution is 5.95. The molecule has 2 fully saturated rings. The van der Waals surface area contributed by atoms with E-state index < -0.39 is 17.2 Å². The van der Waals surface area contributed by atoms with Crippen LogP contribution in [0.2, 0.25) is 0 Å². The van der Waals surface area contributed by atoms with Crippen molar-refractivity contribution in [2.75, 3.05) is 26.2 Å². The first kappa shape index (κ1) is 19.5. The van der Waals surface area contributed by atoms with Crippen molar-refractivity contribution in [2.24, 2.45) is 0 Å². The van der Waals surface area contributed by atoms with Gasteiger partial charge in [0.25, 0.3) is 5.91 Å². The van der Waals surface area contributed by atoms with Gasteiger partial charge in [-0.2, -0.15) is 13.2 Å². The molecule has 2 aromatic carbocycles. The number of piperazine rings is 1. The monoisotopic (exact) mass is 402 g/mol. The van der Waals surface area contributed by atoms with Crippen LogP contribution in [0.4, 0.5) is 13.2 Å². The van der Waals surface area contributed by atoms with Gasteiger partial charge in [-0.25, -0.2) is 0 Å². The standard InChI is InChI=1S/C22H21F3N2O2/c23-22(24,25)18-8-4-7-17(15-18)21(9-10-21)20(29)27-13-11-26(12-14-27)19(28)16-5-2-1-3-6-16/h1-8,15H,9-14H2. The number of halogens is 3. The Bertz CT molecular complexity index is 915. The molecule has 4 nitrogen and oxygen atoms in total. The van der Waals surface area contributed by atoms with Crippen molar-refractivity contribution in [2.45, 2.75) is 24.4 Å². The predicted molar refractivity (Wildman–Crippen MR) is 101 cm³/mol. The third kappa shape index (κ3) is 3.73. The number of nitrogens with zero attached hydrogens (tertiary/aromatic N) is 2. The van der Waals surface area contributed by atoms with Crippen LogP contribution in [-0.2, 0) is 16.4 Å². The van der Waals surface area contributed by atoms with Crippen LogP contribution in [0.25, 0.3) is 0 Å². The molecule has 2 aliphatic rings. The highest BCUT2D eigenvalue weighted by Crippen LogP contribution is 2.50. The Morgan fingerprint density at radius 1 is 0.828 bits per heavy atom. The SMILES string of the molecule is O=C(c1ccccc1)N1CCN(C(=O)C2(c3cccc(C(F)(F)F)c3)CC2)CC1. The molecule has 1 saturated heterocycles. The van der Waals surface area contributed by atoms with Crippen molar-refractivity contribution in [3.05, 3.63) is 71.3 Å². The van der Waals surface area contributed by atoms with Gasteiger partial charge in [0.15, 0.2) is 0 Å². The van der Waals surface area contributed by atoms with Gasteiger partial charge in [0.2, 0.25) is 5.91 Å². The molecule has 4 rings (SSSR count). The molecule has 0 radical (unpaired) electrons. The first-order valence-corrected chi connectivity index (χ1v) is 9.63. The average molecular weight is 402 g/mol. The fourth-order valence-corrected chi connectivity index (χ4v) is 3.92. The number of hydrogen-bond donors (Lipinski definition) is 0. The molecule has 1 aliphatic heterocycles. The summed E-state index contributed by atoms with van der Waals surface area (Å²) in [6, 6.07) is 14.1. The summed E-state index contributed by atoms with van der Waals surface area (Å²) in [5.41, 5.74) is -0.547. The maximum absolute atomic E-state index is 13.1. The van der Waals surface area contributed by atoms with Gasteiger partial charge in [-0.3, -0.25) is 9.59 Å². The summed E-state index contributed by atoms with van der Waals surface area (Å²) >= 11 is 0. The van der Waals surface area contributed by atoms with E-state index in [1.807, 2.05) is 6.07 Å². The smallest absolute Gasteiger partial charge is 0.338 e. The van der Waals surface area contributed by atoms with Gasteiger partial charge in [0.05, 0.1) is 11.0 Å². The lowest BCUT2D eigenvalue weighted by Gasteiger charge is -2.36. The summed E-state index contributed by atoms with van der Waals surface area (Å²) < 4.78 is 39.2. The summed E-state index contributed by atoms with van der Waals surface area (Å²) in [5, 5.41) is 0. The molecule has 1 heterocycles. The second kappa shape index (κ2) is 7.21. The largest absolute Gasteiger partial charge is 0.416 e. The van der Waals surface area contributed by atoms with E-state index in [-0.39, 0.29) is 11.8 Å². The maximum atomic E-state index is 13.1. The summed E-state index contributed by atoms with van der Waals surface area (Å²) in [6.45, 7) is 1.60. The van der Waals surface area contributed by atoms with Crippen LogP contribution >= 0.6 is 0 Å². The van der Waals surface area contributed by atoms with E-state index in [0.717, 1.165) is 12.1 Å². The van der Waals surface area contributed by atoms with Crippen LogP contribution in [0.3, 0.4) is 0 Å². The minimum Gasteiger partial charge on any atom is -0.338 e. The van der Waals surface area contributed by atoms with Gasteiger partial charge in [-0.1, -0.05) is 36.4 Å². The zero-order valence-electron chi connectivity index (χ0n) is 15.8. The lowest BCUT2D eigenvalue weighted by molar-refractivity contribution is -0.138. The minimum atomic E-state index is -4.43. The van der Waals surface area contributed by atoms with Crippen molar-refractivity contribution < 1.29 is 22.8 Å². The van der Waals surface area contributed by atoms with Crippen molar-refractivity contribution >= 4 is 11.8 Å². The molecular formula is C22H21F3N2O2. The predicted octanol–water partition coefficient (Wildman–Crippen LogP) is 3.72. The van der Waals surface area contributed by atoms with Gasteiger partial charge in [0, 0.05) is 31.7 Å². The van der Waals surface area contributed by atoms with Gasteiger partial charge in [-0.15, -0.1) is 0 Å². The second-order valence-corrected chi connectivity index (χ2v) is 7.61. The number of amides is 2. The molecule has 0 N–H and O–H groups in total. The van der Waals surface area contributed by atoms with Crippen LogP contribution in [-0.4, -0.2) is 47.8 Å². The number of carbonyl (C=O) groups excluding carboxylic acids is 2. The van der Waals surface area contributed by atoms with Crippen molar-refractivity contribution in [1.82, 2.24) is 9.80 Å². The van der Waals surface area contributed by atoms with Gasteiger partial charge in [0.1, 0.15) is 0 Å². The Labute approximate surface area is 166 Å². The van der Waals surface area contributed by atoms with E-state index >= 15 is 0 Å². The van der Waals surface area contributed by atoms with E-state index in [1.165, 1.54) is 6.07 Å². The van der Waals surface area contributed by atoms with Crippen LogP contribution in [0.15, 0.2) is 54.6 Å². The molecule has 29 heavy (non-hydrogen) atoms. The van der Waals surface area contributed by atoms with Crippen molar-refractivity contribution in [3.63, 3.8) is 0 Å². The number of rotatable bonds is 3. The minimum absolute atomic E-state index is 0.0725. The Hall–Kier alpha value is -2.83. The fourth-order valence-electron chi connectivity index (χ4n) is 3.92. The zero-order chi connectivity index (χ0) is 20.6. The Morgan fingerprint density at radius 3 is 2.03 bits per heavy atom. The van der Waals surface area contributed by atoms with Gasteiger partial charge in [-0.05, 0) is 36.6 Å². The van der Waals surface area contributed by atoms with Crippen molar-refractivity contribution in [1.29, 1.82) is 0 Å². The number of benzene rings is 2. The molecule has 0 aromatic heterocycles. The molecule has 7 heteroatoms. The molecule has 2 aromatic rings. The molecule has 0 atom stereocenters. The third-order valence-electron chi connectivity index (χ3n) is 5.78. The number of carbonyl (C=O) groups is 2. The van der Waals surface area contributed by atoms with Crippen LogP contribution in [0.5, 0.6) is 0 Å². The third-order valence-corrected chi connectivity index (χ3v) is 5.78. The van der Waals surface area contributed by atoms with Gasteiger partial charge < -0.3 is 9.80 Å². The van der Waals surface area contributed by atoms with E-state index in [4.69, 9.17) is 0 Å². The lowest BCUT2D eigenvalue weighted by atomic mass is 9.92. The molecule has 0 bridgehead atoms. The highest BCUT2D eigenvalue weighted by Gasteiger charge is 2.53. The topological polar surface area (TPSA) is 40.6 Å². The quantitative estimate of drug-likeness (QED) is 0.785. The van der Waals surface area contributed by atoms with E-state index in [2.05, 4.69) is 0 Å². The molecular weight excluding hydrogens is 381 g/mol. The first-order chi connectivity index (χ1) is 13.8. The van der Waals surface area contributed by atoms with E-state index in [1.54, 1.807) is 40.1 Å². The fraction of sp³-hybridized carbons (Fsp3) is 0.364. The lowest BCUT2D eigenvalue weighted by Crippen LogP contribution is -2.53. The number of alkyl halides is 3. The van der Waals surface area contributed by atoms with Crippen LogP contribution in [0.1, 0.15) is 34.3 Å². The summed E-state index contributed by atoms with van der Waals surface area (Å²) in [4.78, 5) is 29.1. The normalized spacial score (nSPS) is 18.4. The van der Waals surface area contributed by atoms with E-state index in [9.17, 15) is 22.8 Å². The van der Waals surface area contributed by atoms with Crippen LogP contribution in [0, 0.1) is 0 Å². The second-order valence-electron chi connectivity index (χ2n) is 7.61. The maximum Gasteiger partial charge on any atom is 0.416 e. The average Bonchev–Trinajstić information content (AvgIpc) is 3.55. The molecule has 0 unspecified atom stereocenters. The first-order valence-electron chi connectivity index (χ1n) is 9.63. The summed E-state index contributed by atoms with van der Waals surface area (Å²) in [6.07, 6.45) is -3.33. The Balaban J connectivity index is 1.44. The molecule has 152 valence electrons. The molecule has 2 amide bonds. The van der Waals surface area contributed by atoms with Crippen molar-refractivity contribution in [3.8, 4) is 0 Å².